The number of carbonyl (C=O) groups is 1. The Kier molecular flexibility index (Phi) is 8.88. The van der Waals surface area contributed by atoms with Crippen LogP contribution in [-0.4, -0.2) is 21.0 Å². The average molecular weight is 653 g/mol. The molecule has 1 unspecified atom stereocenters. The second-order valence-electron chi connectivity index (χ2n) is 5.66. The molecule has 150 valence electrons. The number of halogens is 6. The molecule has 0 radical (unpaired) electrons. The number of rotatable bonds is 4. The highest BCUT2D eigenvalue weighted by molar-refractivity contribution is 9.11. The van der Waals surface area contributed by atoms with Crippen molar-refractivity contribution in [1.29, 1.82) is 0 Å². The van der Waals surface area contributed by atoms with E-state index in [1.54, 1.807) is 24.3 Å². The largest absolute Gasteiger partial charge is 0.339 e. The van der Waals surface area contributed by atoms with E-state index in [0.717, 1.165) is 19.0 Å². The normalized spacial score (nSPS) is 12.2. The standard InChI is InChI=1S/C17H13Br3Cl3N3OS/c1-8-6-11(19)13(12(20)7-8)24-16(28)26-15(17(21,22)23)25-14(27)9-2-4-10(18)5-3-9/h2-7,15H,1H3,(H,25,27)(H2,24,26,28). The molecule has 0 aliphatic carbocycles. The SMILES string of the molecule is Cc1cc(Br)c(NC(=S)NC(NC(=O)c2ccc(Br)cc2)C(Cl)(Cl)Cl)c(Br)c1. The first-order chi connectivity index (χ1) is 13.0. The zero-order valence-corrected chi connectivity index (χ0v) is 22.0. The van der Waals surface area contributed by atoms with Crippen molar-refractivity contribution in [1.82, 2.24) is 10.6 Å². The summed E-state index contributed by atoms with van der Waals surface area (Å²) < 4.78 is 0.596. The number of nitrogens with one attached hydrogen (secondary N) is 3. The Bertz CT molecular complexity index is 868. The van der Waals surface area contributed by atoms with Gasteiger partial charge in [-0.1, -0.05) is 50.7 Å². The number of hydrogen-bond donors (Lipinski definition) is 3. The van der Waals surface area contributed by atoms with E-state index >= 15 is 0 Å². The molecule has 0 spiro atoms. The maximum atomic E-state index is 12.5. The predicted octanol–water partition coefficient (Wildman–Crippen LogP) is 6.70. The Morgan fingerprint density at radius 1 is 1.04 bits per heavy atom. The third-order valence-corrected chi connectivity index (χ3v) is 6.06. The molecule has 11 heteroatoms. The van der Waals surface area contributed by atoms with Crippen molar-refractivity contribution in [3.63, 3.8) is 0 Å². The molecule has 1 amide bonds. The Labute approximate surface area is 208 Å². The minimum absolute atomic E-state index is 0.165. The zero-order chi connectivity index (χ0) is 21.1. The average Bonchev–Trinajstić information content (AvgIpc) is 2.57. The molecular weight excluding hydrogens is 640 g/mol. The fraction of sp³-hybridized carbons (Fsp3) is 0.176. The third-order valence-electron chi connectivity index (χ3n) is 3.41. The molecule has 28 heavy (non-hydrogen) atoms. The van der Waals surface area contributed by atoms with Crippen LogP contribution in [0.4, 0.5) is 5.69 Å². The number of anilines is 1. The van der Waals surface area contributed by atoms with Gasteiger partial charge in [0.1, 0.15) is 6.17 Å². The molecule has 0 saturated carbocycles. The maximum Gasteiger partial charge on any atom is 0.252 e. The van der Waals surface area contributed by atoms with Gasteiger partial charge in [-0.25, -0.2) is 0 Å². The van der Waals surface area contributed by atoms with E-state index in [4.69, 9.17) is 47.0 Å². The highest BCUT2D eigenvalue weighted by atomic mass is 79.9. The van der Waals surface area contributed by atoms with Gasteiger partial charge >= 0.3 is 0 Å². The molecule has 1 atom stereocenters. The first-order valence-electron chi connectivity index (χ1n) is 7.63. The fourth-order valence-electron chi connectivity index (χ4n) is 2.12. The minimum atomic E-state index is -1.85. The van der Waals surface area contributed by atoms with Crippen molar-refractivity contribution in [2.45, 2.75) is 16.9 Å². The summed E-state index contributed by atoms with van der Waals surface area (Å²) in [6.45, 7) is 1.96. The van der Waals surface area contributed by atoms with Gasteiger partial charge in [-0.3, -0.25) is 4.79 Å². The quantitative estimate of drug-likeness (QED) is 0.196. The van der Waals surface area contributed by atoms with Crippen LogP contribution in [0.25, 0.3) is 0 Å². The van der Waals surface area contributed by atoms with Crippen LogP contribution >= 0.6 is 94.8 Å². The van der Waals surface area contributed by atoms with Crippen LogP contribution < -0.4 is 16.0 Å². The van der Waals surface area contributed by atoms with E-state index in [-0.39, 0.29) is 5.11 Å². The number of aryl methyl sites for hydroxylation is 1. The van der Waals surface area contributed by atoms with E-state index in [0.29, 0.717) is 11.3 Å². The summed E-state index contributed by atoms with van der Waals surface area (Å²) in [6.07, 6.45) is -1.07. The lowest BCUT2D eigenvalue weighted by atomic mass is 10.2. The number of thiocarbonyl (C=S) groups is 1. The topological polar surface area (TPSA) is 53.2 Å². The van der Waals surface area contributed by atoms with Crippen molar-refractivity contribution in [2.24, 2.45) is 0 Å². The van der Waals surface area contributed by atoms with Gasteiger partial charge in [0.05, 0.1) is 5.69 Å². The van der Waals surface area contributed by atoms with E-state index in [9.17, 15) is 4.79 Å². The molecule has 2 rings (SSSR count). The second kappa shape index (κ2) is 10.3. The molecule has 0 heterocycles. The molecule has 2 aromatic rings. The monoisotopic (exact) mass is 649 g/mol. The molecule has 3 N–H and O–H groups in total. The summed E-state index contributed by atoms with van der Waals surface area (Å²) in [7, 11) is 0. The second-order valence-corrected chi connectivity index (χ2v) is 11.1. The molecule has 0 fully saturated rings. The lowest BCUT2D eigenvalue weighted by molar-refractivity contribution is 0.0934. The van der Waals surface area contributed by atoms with Crippen molar-refractivity contribution < 1.29 is 4.79 Å². The fourth-order valence-corrected chi connectivity index (χ4v) is 4.54. The number of hydrogen-bond acceptors (Lipinski definition) is 2. The lowest BCUT2D eigenvalue weighted by Crippen LogP contribution is -2.56. The molecule has 4 nitrogen and oxygen atoms in total. The van der Waals surface area contributed by atoms with Gasteiger partial charge in [0.25, 0.3) is 5.91 Å². The molecule has 0 bridgehead atoms. The summed E-state index contributed by atoms with van der Waals surface area (Å²) in [5, 5.41) is 8.65. The van der Waals surface area contributed by atoms with Gasteiger partial charge in [0.15, 0.2) is 5.11 Å². The number of benzene rings is 2. The molecule has 0 saturated heterocycles. The maximum absolute atomic E-state index is 12.5. The zero-order valence-electron chi connectivity index (χ0n) is 14.1. The predicted molar refractivity (Wildman–Crippen MR) is 132 cm³/mol. The van der Waals surface area contributed by atoms with Gasteiger partial charge in [0.2, 0.25) is 3.79 Å². The van der Waals surface area contributed by atoms with Gasteiger partial charge in [-0.05, 0) is 93.0 Å². The Hall–Kier alpha value is -0.0900. The lowest BCUT2D eigenvalue weighted by Gasteiger charge is -2.28. The van der Waals surface area contributed by atoms with E-state index < -0.39 is 15.9 Å². The van der Waals surface area contributed by atoms with Crippen molar-refractivity contribution >= 4 is 112 Å². The Morgan fingerprint density at radius 3 is 2.07 bits per heavy atom. The number of carbonyl (C=O) groups excluding carboxylic acids is 1. The van der Waals surface area contributed by atoms with Crippen molar-refractivity contribution in [3.8, 4) is 0 Å². The van der Waals surface area contributed by atoms with Gasteiger partial charge in [-0.2, -0.15) is 0 Å². The van der Waals surface area contributed by atoms with E-state index in [1.165, 1.54) is 0 Å². The molecule has 0 aliphatic rings. The van der Waals surface area contributed by atoms with Gasteiger partial charge in [0, 0.05) is 19.0 Å². The van der Waals surface area contributed by atoms with Crippen molar-refractivity contribution in [2.75, 3.05) is 5.32 Å². The number of amides is 1. The van der Waals surface area contributed by atoms with Crippen LogP contribution in [0, 0.1) is 6.92 Å². The first kappa shape index (κ1) is 24.2. The summed E-state index contributed by atoms with van der Waals surface area (Å²) in [6, 6.07) is 10.6. The summed E-state index contributed by atoms with van der Waals surface area (Å²) in [5.74, 6) is -0.420. The first-order valence-corrected chi connectivity index (χ1v) is 11.6. The summed E-state index contributed by atoms with van der Waals surface area (Å²) in [4.78, 5) is 12.5. The van der Waals surface area contributed by atoms with Crippen LogP contribution in [-0.2, 0) is 0 Å². The Balaban J connectivity index is 2.13. The highest BCUT2D eigenvalue weighted by Crippen LogP contribution is 2.33. The molecule has 0 aromatic heterocycles. The van der Waals surface area contributed by atoms with E-state index in [2.05, 4.69) is 63.7 Å². The van der Waals surface area contributed by atoms with Crippen LogP contribution in [0.3, 0.4) is 0 Å². The molecular formula is C17H13Br3Cl3N3OS. The summed E-state index contributed by atoms with van der Waals surface area (Å²) >= 11 is 33.7. The van der Waals surface area contributed by atoms with E-state index in [1.807, 2.05) is 19.1 Å². The third kappa shape index (κ3) is 7.00. The van der Waals surface area contributed by atoms with Crippen LogP contribution in [0.5, 0.6) is 0 Å². The van der Waals surface area contributed by atoms with Crippen molar-refractivity contribution in [3.05, 3.63) is 60.9 Å². The van der Waals surface area contributed by atoms with Gasteiger partial charge in [-0.15, -0.1) is 0 Å². The van der Waals surface area contributed by atoms with Crippen LogP contribution in [0.2, 0.25) is 0 Å². The van der Waals surface area contributed by atoms with Crippen LogP contribution in [0.1, 0.15) is 15.9 Å². The highest BCUT2D eigenvalue weighted by Gasteiger charge is 2.35. The van der Waals surface area contributed by atoms with Crippen LogP contribution in [0.15, 0.2) is 49.8 Å². The minimum Gasteiger partial charge on any atom is -0.339 e. The summed E-state index contributed by atoms with van der Waals surface area (Å²) in [5.41, 5.74) is 2.17. The van der Waals surface area contributed by atoms with Gasteiger partial charge < -0.3 is 16.0 Å². The Morgan fingerprint density at radius 2 is 1.57 bits per heavy atom. The number of alkyl halides is 3. The molecule has 0 aliphatic heterocycles. The molecule has 2 aromatic carbocycles. The smallest absolute Gasteiger partial charge is 0.252 e.